The van der Waals surface area contributed by atoms with Crippen LogP contribution in [0.5, 0.6) is 0 Å². The maximum atomic E-state index is 13.2. The fourth-order valence-corrected chi connectivity index (χ4v) is 6.77. The van der Waals surface area contributed by atoms with Crippen LogP contribution in [0.4, 0.5) is 11.4 Å². The number of piperidine rings is 1. The van der Waals surface area contributed by atoms with Gasteiger partial charge in [0.1, 0.15) is 6.04 Å². The van der Waals surface area contributed by atoms with Gasteiger partial charge in [-0.25, -0.2) is 0 Å². The summed E-state index contributed by atoms with van der Waals surface area (Å²) in [5.74, 6) is -3.21. The zero-order valence-corrected chi connectivity index (χ0v) is 29.9. The summed E-state index contributed by atoms with van der Waals surface area (Å²) >= 11 is 0. The van der Waals surface area contributed by atoms with Crippen LogP contribution >= 0.6 is 0 Å². The van der Waals surface area contributed by atoms with Crippen LogP contribution in [-0.2, 0) is 35.1 Å². The Balaban J connectivity index is 0.920. The molecule has 6 rings (SSSR count). The minimum atomic E-state index is -1.04. The second kappa shape index (κ2) is 16.3. The summed E-state index contributed by atoms with van der Waals surface area (Å²) < 4.78 is 11.2. The van der Waals surface area contributed by atoms with Gasteiger partial charge in [0.25, 0.3) is 23.6 Å². The molecule has 282 valence electrons. The van der Waals surface area contributed by atoms with Crippen LogP contribution in [0.15, 0.2) is 36.4 Å². The third-order valence-corrected chi connectivity index (χ3v) is 9.45. The molecule has 1 unspecified atom stereocenters. The van der Waals surface area contributed by atoms with Crippen LogP contribution in [0.2, 0.25) is 0 Å². The van der Waals surface area contributed by atoms with Crippen molar-refractivity contribution in [1.29, 1.82) is 0 Å². The molecule has 1 fully saturated rings. The van der Waals surface area contributed by atoms with E-state index in [0.717, 1.165) is 10.5 Å². The number of aromatic nitrogens is 1. The van der Waals surface area contributed by atoms with Gasteiger partial charge in [0, 0.05) is 54.3 Å². The number of carbonyl (C=O) groups excluding carboxylic acids is 7. The number of aromatic amines is 1. The number of primary amides is 1. The van der Waals surface area contributed by atoms with Crippen LogP contribution < -0.4 is 27.0 Å². The Morgan fingerprint density at radius 1 is 0.944 bits per heavy atom. The molecule has 7 N–H and O–H groups in total. The topological polar surface area (TPSA) is 231 Å². The first-order valence-corrected chi connectivity index (χ1v) is 17.6. The van der Waals surface area contributed by atoms with Gasteiger partial charge in [0.05, 0.1) is 48.7 Å². The van der Waals surface area contributed by atoms with Crippen molar-refractivity contribution in [3.8, 4) is 0 Å². The van der Waals surface area contributed by atoms with Gasteiger partial charge in [-0.15, -0.1) is 0 Å². The van der Waals surface area contributed by atoms with E-state index in [9.17, 15) is 33.6 Å². The van der Waals surface area contributed by atoms with Crippen LogP contribution in [0.1, 0.15) is 78.4 Å². The lowest BCUT2D eigenvalue weighted by atomic mass is 10.00. The lowest BCUT2D eigenvalue weighted by molar-refractivity contribution is -0.136. The second-order valence-corrected chi connectivity index (χ2v) is 13.1. The van der Waals surface area contributed by atoms with Gasteiger partial charge in [-0.1, -0.05) is 12.1 Å². The number of imide groups is 2. The Bertz CT molecular complexity index is 2090. The van der Waals surface area contributed by atoms with E-state index in [4.69, 9.17) is 15.2 Å². The van der Waals surface area contributed by atoms with Gasteiger partial charge in [-0.2, -0.15) is 0 Å². The van der Waals surface area contributed by atoms with E-state index in [1.54, 1.807) is 31.2 Å². The van der Waals surface area contributed by atoms with E-state index in [2.05, 4.69) is 26.3 Å². The molecule has 0 radical (unpaired) electrons. The van der Waals surface area contributed by atoms with Crippen molar-refractivity contribution < 1.29 is 43.0 Å². The SMILES string of the molecule is Cc1[nH]c(/C=C2\C(=O)Nc3ccc(CCC(N)=O)cc32)c(C)c1C(=O)NCCOCCOCCNc1cccc2c1C(=O)N(C1CCC(=O)NC1=O)C2=O. The van der Waals surface area contributed by atoms with Crippen LogP contribution in [0, 0.1) is 13.8 Å². The minimum absolute atomic E-state index is 0.0437. The molecule has 0 saturated carbocycles. The summed E-state index contributed by atoms with van der Waals surface area (Å²) in [5, 5.41) is 11.0. The van der Waals surface area contributed by atoms with E-state index >= 15 is 0 Å². The molecule has 3 aliphatic heterocycles. The monoisotopic (exact) mass is 739 g/mol. The lowest BCUT2D eigenvalue weighted by Crippen LogP contribution is -2.54. The van der Waals surface area contributed by atoms with Crippen LogP contribution in [0.25, 0.3) is 11.6 Å². The quantitative estimate of drug-likeness (QED) is 0.0709. The van der Waals surface area contributed by atoms with Gasteiger partial charge in [-0.3, -0.25) is 43.8 Å². The molecule has 54 heavy (non-hydrogen) atoms. The molecule has 4 heterocycles. The average molecular weight is 740 g/mol. The molecular formula is C38H41N7O9. The molecule has 3 aliphatic rings. The molecule has 16 heteroatoms. The van der Waals surface area contributed by atoms with Crippen LogP contribution in [-0.4, -0.2) is 96.8 Å². The largest absolute Gasteiger partial charge is 0.382 e. The zero-order valence-electron chi connectivity index (χ0n) is 29.9. The molecular weight excluding hydrogens is 698 g/mol. The van der Waals surface area contributed by atoms with Crippen molar-refractivity contribution >= 4 is 64.4 Å². The summed E-state index contributed by atoms with van der Waals surface area (Å²) in [6.07, 6.45) is 2.51. The number of rotatable bonds is 16. The predicted molar refractivity (Wildman–Crippen MR) is 196 cm³/mol. The van der Waals surface area contributed by atoms with Crippen molar-refractivity contribution in [2.24, 2.45) is 5.73 Å². The van der Waals surface area contributed by atoms with Crippen molar-refractivity contribution in [1.82, 2.24) is 20.5 Å². The molecule has 0 spiro atoms. The number of aryl methyl sites for hydroxylation is 2. The Hall–Kier alpha value is -6.13. The number of hydrogen-bond donors (Lipinski definition) is 6. The van der Waals surface area contributed by atoms with Gasteiger partial charge in [0.15, 0.2) is 0 Å². The summed E-state index contributed by atoms with van der Waals surface area (Å²) in [6, 6.07) is 9.32. The highest BCUT2D eigenvalue weighted by Gasteiger charge is 2.45. The number of H-pyrrole nitrogens is 1. The Morgan fingerprint density at radius 2 is 1.70 bits per heavy atom. The third kappa shape index (κ3) is 7.94. The summed E-state index contributed by atoms with van der Waals surface area (Å²) in [6.45, 7) is 5.26. The molecule has 0 aliphatic carbocycles. The summed E-state index contributed by atoms with van der Waals surface area (Å²) in [4.78, 5) is 91.4. The number of carbonyl (C=O) groups is 7. The fraction of sp³-hybridized carbons (Fsp3) is 0.342. The minimum Gasteiger partial charge on any atom is -0.382 e. The van der Waals surface area contributed by atoms with E-state index in [0.29, 0.717) is 58.0 Å². The molecule has 7 amide bonds. The fourth-order valence-electron chi connectivity index (χ4n) is 6.77. The van der Waals surface area contributed by atoms with Crippen molar-refractivity contribution in [3.63, 3.8) is 0 Å². The molecule has 2 aromatic carbocycles. The van der Waals surface area contributed by atoms with E-state index in [1.165, 1.54) is 6.07 Å². The second-order valence-electron chi connectivity index (χ2n) is 13.1. The highest BCUT2D eigenvalue weighted by molar-refractivity contribution is 6.35. The number of amides is 7. The highest BCUT2D eigenvalue weighted by atomic mass is 16.5. The van der Waals surface area contributed by atoms with Crippen molar-refractivity contribution in [2.45, 2.75) is 45.6 Å². The predicted octanol–water partition coefficient (Wildman–Crippen LogP) is 1.82. The standard InChI is InChI=1S/C38H41N7O9/c1-20-28(19-25-24-18-22(7-10-30(39)46)6-8-26(24)43-34(25)48)42-21(2)32(20)36(50)41-13-15-54-17-16-53-14-12-40-27-5-3-4-23-33(27)38(52)45(37(23)51)29-9-11-31(47)44-35(29)49/h3-6,8,18-19,29,40,42H,7,9-17H2,1-2H3,(H2,39,46)(H,41,50)(H,43,48)(H,44,47,49)/b25-19-. The molecule has 3 aromatic rings. The first-order chi connectivity index (χ1) is 25.9. The van der Waals surface area contributed by atoms with E-state index in [1.807, 2.05) is 19.1 Å². The Kier molecular flexibility index (Phi) is 11.3. The van der Waals surface area contributed by atoms with Gasteiger partial charge < -0.3 is 36.1 Å². The number of hydrogen-bond acceptors (Lipinski definition) is 10. The highest BCUT2D eigenvalue weighted by Crippen LogP contribution is 2.35. The molecule has 0 bridgehead atoms. The van der Waals surface area contributed by atoms with Gasteiger partial charge in [-0.05, 0) is 68.2 Å². The Morgan fingerprint density at radius 3 is 2.44 bits per heavy atom. The number of fused-ring (bicyclic) bond motifs is 2. The van der Waals surface area contributed by atoms with Crippen LogP contribution in [0.3, 0.4) is 0 Å². The van der Waals surface area contributed by atoms with Gasteiger partial charge in [0.2, 0.25) is 17.7 Å². The number of nitrogens with one attached hydrogen (secondary N) is 5. The van der Waals surface area contributed by atoms with Crippen molar-refractivity contribution in [2.75, 3.05) is 50.2 Å². The third-order valence-electron chi connectivity index (χ3n) is 9.45. The normalized spacial score (nSPS) is 17.1. The van der Waals surface area contributed by atoms with E-state index in [-0.39, 0.29) is 75.2 Å². The lowest BCUT2D eigenvalue weighted by Gasteiger charge is -2.27. The average Bonchev–Trinajstić information content (AvgIpc) is 3.70. The first-order valence-electron chi connectivity index (χ1n) is 17.6. The summed E-state index contributed by atoms with van der Waals surface area (Å²) in [5.41, 5.74) is 11.3. The maximum Gasteiger partial charge on any atom is 0.264 e. The molecule has 1 aromatic heterocycles. The van der Waals surface area contributed by atoms with E-state index < -0.39 is 35.6 Å². The number of nitrogens with two attached hydrogens (primary N) is 1. The van der Waals surface area contributed by atoms with Crippen molar-refractivity contribution in [3.05, 3.63) is 81.2 Å². The zero-order chi connectivity index (χ0) is 38.5. The number of ether oxygens (including phenoxy) is 2. The molecule has 16 nitrogen and oxygen atoms in total. The number of nitrogens with zero attached hydrogens (tertiary/aromatic N) is 1. The van der Waals surface area contributed by atoms with Gasteiger partial charge >= 0.3 is 0 Å². The first kappa shape index (κ1) is 37.6. The Labute approximate surface area is 310 Å². The smallest absolute Gasteiger partial charge is 0.264 e. The maximum absolute atomic E-state index is 13.2. The molecule has 1 saturated heterocycles. The number of benzene rings is 2. The number of anilines is 2. The summed E-state index contributed by atoms with van der Waals surface area (Å²) in [7, 11) is 0. The molecule has 1 atom stereocenters.